The summed E-state index contributed by atoms with van der Waals surface area (Å²) in [6.07, 6.45) is 1.45. The molecular weight excluding hydrogens is 410 g/mol. The van der Waals surface area contributed by atoms with E-state index in [0.29, 0.717) is 38.7 Å². The number of carbonyl (C=O) groups is 1. The van der Waals surface area contributed by atoms with Crippen molar-refractivity contribution in [2.75, 3.05) is 40.0 Å². The van der Waals surface area contributed by atoms with Crippen molar-refractivity contribution in [3.8, 4) is 17.2 Å². The van der Waals surface area contributed by atoms with Crippen LogP contribution in [0, 0.1) is 12.8 Å². The quantitative estimate of drug-likeness (QED) is 0.531. The second-order valence-electron chi connectivity index (χ2n) is 7.91. The van der Waals surface area contributed by atoms with Gasteiger partial charge in [-0.1, -0.05) is 0 Å². The first-order chi connectivity index (χ1) is 15.5. The maximum absolute atomic E-state index is 12.7. The molecule has 1 saturated heterocycles. The van der Waals surface area contributed by atoms with Crippen LogP contribution in [0.5, 0.6) is 5.75 Å². The summed E-state index contributed by atoms with van der Waals surface area (Å²) in [6, 6.07) is 7.66. The molecule has 1 atom stereocenters. The number of amides is 1. The number of hydrogen-bond donors (Lipinski definition) is 1. The number of ether oxygens (including phenoxy) is 3. The molecule has 3 rings (SSSR count). The molecule has 1 aromatic heterocycles. The lowest BCUT2D eigenvalue weighted by Gasteiger charge is -2.31. The van der Waals surface area contributed by atoms with Crippen molar-refractivity contribution in [1.82, 2.24) is 15.2 Å². The molecule has 1 aliphatic rings. The Hall–Kier alpha value is -2.42. The molecule has 1 amide bonds. The van der Waals surface area contributed by atoms with Crippen LogP contribution in [-0.4, -0.2) is 62.0 Å². The fraction of sp³-hybridized carbons (Fsp3) is 0.583. The highest BCUT2D eigenvalue weighted by Gasteiger charge is 2.27. The Kier molecular flexibility index (Phi) is 9.08. The van der Waals surface area contributed by atoms with E-state index in [-0.39, 0.29) is 11.8 Å². The summed E-state index contributed by atoms with van der Waals surface area (Å²) in [5.41, 5.74) is 1.82. The molecule has 1 unspecified atom stereocenters. The van der Waals surface area contributed by atoms with Crippen LogP contribution < -0.4 is 10.1 Å². The van der Waals surface area contributed by atoms with Crippen molar-refractivity contribution in [3.05, 3.63) is 35.7 Å². The van der Waals surface area contributed by atoms with Gasteiger partial charge in [-0.25, -0.2) is 4.98 Å². The van der Waals surface area contributed by atoms with Crippen molar-refractivity contribution in [2.24, 2.45) is 5.92 Å². The van der Waals surface area contributed by atoms with Gasteiger partial charge in [0.25, 0.3) is 0 Å². The molecule has 176 valence electrons. The van der Waals surface area contributed by atoms with Crippen LogP contribution in [0.25, 0.3) is 11.5 Å². The highest BCUT2D eigenvalue weighted by molar-refractivity contribution is 5.79. The molecule has 8 heteroatoms. The zero-order valence-electron chi connectivity index (χ0n) is 19.6. The van der Waals surface area contributed by atoms with E-state index in [1.807, 2.05) is 45.0 Å². The largest absolute Gasteiger partial charge is 0.497 e. The minimum Gasteiger partial charge on any atom is -0.497 e. The standard InChI is InChI=1S/C24H35N3O5/c1-5-30-22(31-6-2)14-25-23(28)19-8-7-13-27(15-19)16-21-17(3)32-24(26-21)18-9-11-20(29-4)12-10-18/h9-12,19,22H,5-8,13-16H2,1-4H3,(H,25,28). The van der Waals surface area contributed by atoms with E-state index in [1.165, 1.54) is 0 Å². The summed E-state index contributed by atoms with van der Waals surface area (Å²) in [5, 5.41) is 2.99. The third-order valence-electron chi connectivity index (χ3n) is 5.63. The Balaban J connectivity index is 1.56. The second-order valence-corrected chi connectivity index (χ2v) is 7.91. The van der Waals surface area contributed by atoms with E-state index < -0.39 is 6.29 Å². The maximum Gasteiger partial charge on any atom is 0.226 e. The van der Waals surface area contributed by atoms with Crippen molar-refractivity contribution < 1.29 is 23.4 Å². The molecule has 2 aromatic rings. The van der Waals surface area contributed by atoms with Gasteiger partial charge in [0.15, 0.2) is 6.29 Å². The van der Waals surface area contributed by atoms with Crippen LogP contribution in [0.1, 0.15) is 38.1 Å². The average molecular weight is 446 g/mol. The van der Waals surface area contributed by atoms with Crippen molar-refractivity contribution in [2.45, 2.75) is 46.4 Å². The number of aryl methyl sites for hydroxylation is 1. The zero-order valence-corrected chi connectivity index (χ0v) is 19.6. The third-order valence-corrected chi connectivity index (χ3v) is 5.63. The predicted molar refractivity (Wildman–Crippen MR) is 121 cm³/mol. The number of likely N-dealkylation sites (tertiary alicyclic amines) is 1. The van der Waals surface area contributed by atoms with Crippen LogP contribution >= 0.6 is 0 Å². The number of carbonyl (C=O) groups excluding carboxylic acids is 1. The van der Waals surface area contributed by atoms with Gasteiger partial charge in [0.05, 0.1) is 25.3 Å². The number of rotatable bonds is 11. The molecule has 1 fully saturated rings. The van der Waals surface area contributed by atoms with Gasteiger partial charge in [-0.2, -0.15) is 0 Å². The van der Waals surface area contributed by atoms with Crippen molar-refractivity contribution >= 4 is 5.91 Å². The topological polar surface area (TPSA) is 86.1 Å². The fourth-order valence-corrected chi connectivity index (χ4v) is 3.92. The number of aromatic nitrogens is 1. The minimum absolute atomic E-state index is 0.0508. The molecule has 1 N–H and O–H groups in total. The van der Waals surface area contributed by atoms with Crippen LogP contribution in [0.15, 0.2) is 28.7 Å². The molecule has 2 heterocycles. The Morgan fingerprint density at radius 3 is 2.62 bits per heavy atom. The number of piperidine rings is 1. The van der Waals surface area contributed by atoms with Gasteiger partial charge in [0.1, 0.15) is 11.5 Å². The highest BCUT2D eigenvalue weighted by atomic mass is 16.7. The molecule has 1 aromatic carbocycles. The van der Waals surface area contributed by atoms with Gasteiger partial charge in [-0.15, -0.1) is 0 Å². The van der Waals surface area contributed by atoms with E-state index in [4.69, 9.17) is 23.6 Å². The number of hydrogen-bond acceptors (Lipinski definition) is 7. The van der Waals surface area contributed by atoms with Gasteiger partial charge in [-0.05, 0) is 64.4 Å². The Bertz CT molecular complexity index is 846. The molecule has 32 heavy (non-hydrogen) atoms. The second kappa shape index (κ2) is 12.0. The first kappa shape index (κ1) is 24.2. The number of oxazole rings is 1. The summed E-state index contributed by atoms with van der Waals surface area (Å²) in [5.74, 6) is 2.20. The summed E-state index contributed by atoms with van der Waals surface area (Å²) in [7, 11) is 1.64. The number of benzene rings is 1. The summed E-state index contributed by atoms with van der Waals surface area (Å²) in [6.45, 7) is 9.53. The lowest BCUT2D eigenvalue weighted by molar-refractivity contribution is -0.143. The molecule has 0 aliphatic carbocycles. The predicted octanol–water partition coefficient (Wildman–Crippen LogP) is 3.39. The first-order valence-electron chi connectivity index (χ1n) is 11.4. The molecule has 0 saturated carbocycles. The van der Waals surface area contributed by atoms with Crippen LogP contribution in [-0.2, 0) is 20.8 Å². The molecular formula is C24H35N3O5. The highest BCUT2D eigenvalue weighted by Crippen LogP contribution is 2.26. The Morgan fingerprint density at radius 2 is 1.97 bits per heavy atom. The van der Waals surface area contributed by atoms with Gasteiger partial charge in [0, 0.05) is 31.9 Å². The van der Waals surface area contributed by atoms with E-state index >= 15 is 0 Å². The summed E-state index contributed by atoms with van der Waals surface area (Å²) >= 11 is 0. The van der Waals surface area contributed by atoms with Crippen LogP contribution in [0.3, 0.4) is 0 Å². The molecule has 0 radical (unpaired) electrons. The van der Waals surface area contributed by atoms with Crippen LogP contribution in [0.2, 0.25) is 0 Å². The first-order valence-corrected chi connectivity index (χ1v) is 11.4. The lowest BCUT2D eigenvalue weighted by Crippen LogP contribution is -2.45. The molecule has 0 bridgehead atoms. The number of nitrogens with zero attached hydrogens (tertiary/aromatic N) is 2. The number of methoxy groups -OCH3 is 1. The molecule has 1 aliphatic heterocycles. The van der Waals surface area contributed by atoms with Gasteiger partial charge < -0.3 is 23.9 Å². The fourth-order valence-electron chi connectivity index (χ4n) is 3.92. The summed E-state index contributed by atoms with van der Waals surface area (Å²) < 4.78 is 22.2. The van der Waals surface area contributed by atoms with Crippen LogP contribution in [0.4, 0.5) is 0 Å². The van der Waals surface area contributed by atoms with E-state index in [1.54, 1.807) is 7.11 Å². The smallest absolute Gasteiger partial charge is 0.226 e. The van der Waals surface area contributed by atoms with Gasteiger partial charge in [0.2, 0.25) is 11.8 Å². The summed E-state index contributed by atoms with van der Waals surface area (Å²) in [4.78, 5) is 19.7. The normalized spacial score (nSPS) is 17.0. The molecule has 0 spiro atoms. The zero-order chi connectivity index (χ0) is 22.9. The average Bonchev–Trinajstić information content (AvgIpc) is 3.17. The van der Waals surface area contributed by atoms with Crippen molar-refractivity contribution in [1.29, 1.82) is 0 Å². The third kappa shape index (κ3) is 6.54. The van der Waals surface area contributed by atoms with E-state index in [9.17, 15) is 4.79 Å². The maximum atomic E-state index is 12.7. The number of nitrogens with one attached hydrogen (secondary N) is 1. The lowest BCUT2D eigenvalue weighted by atomic mass is 9.97. The monoisotopic (exact) mass is 445 g/mol. The Morgan fingerprint density at radius 1 is 1.25 bits per heavy atom. The van der Waals surface area contributed by atoms with Gasteiger partial charge in [-0.3, -0.25) is 9.69 Å². The Labute approximate surface area is 190 Å². The molecule has 8 nitrogen and oxygen atoms in total. The van der Waals surface area contributed by atoms with E-state index in [2.05, 4.69) is 10.2 Å². The minimum atomic E-state index is -0.400. The SMILES string of the molecule is CCOC(CNC(=O)C1CCCN(Cc2nc(-c3ccc(OC)cc3)oc2C)C1)OCC. The van der Waals surface area contributed by atoms with E-state index in [0.717, 1.165) is 42.2 Å². The van der Waals surface area contributed by atoms with Crippen molar-refractivity contribution in [3.63, 3.8) is 0 Å². The van der Waals surface area contributed by atoms with Gasteiger partial charge >= 0.3 is 0 Å².